The molecule has 0 atom stereocenters. The fraction of sp³-hybridized carbons (Fsp3) is 1.00. The molecule has 5 nitrogen and oxygen atoms in total. The van der Waals surface area contributed by atoms with Crippen LogP contribution in [0.1, 0.15) is 0 Å². The Morgan fingerprint density at radius 1 is 1.50 bits per heavy atom. The molecule has 1 saturated heterocycles. The third-order valence-electron chi connectivity index (χ3n) is 2.44. The van der Waals surface area contributed by atoms with Gasteiger partial charge in [0.15, 0.2) is 0 Å². The summed E-state index contributed by atoms with van der Waals surface area (Å²) in [6.07, 6.45) is 1.24. The molecule has 0 aliphatic carbocycles. The minimum atomic E-state index is -2.98. The molecular weight excluding hydrogens is 204 g/mol. The maximum Gasteiger partial charge on any atom is 0.211 e. The molecule has 0 spiro atoms. The summed E-state index contributed by atoms with van der Waals surface area (Å²) in [4.78, 5) is 2.02. The summed E-state index contributed by atoms with van der Waals surface area (Å²) in [5.74, 6) is 0.418. The van der Waals surface area contributed by atoms with E-state index < -0.39 is 10.0 Å². The number of hydrogen-bond acceptors (Lipinski definition) is 4. The van der Waals surface area contributed by atoms with Gasteiger partial charge in [-0.25, -0.2) is 12.7 Å². The number of aliphatic hydroxyl groups excluding tert-OH is 1. The summed E-state index contributed by atoms with van der Waals surface area (Å²) in [5, 5.41) is 8.67. The molecule has 0 aromatic rings. The summed E-state index contributed by atoms with van der Waals surface area (Å²) in [6.45, 7) is 2.89. The number of aliphatic hydroxyl groups is 1. The zero-order valence-electron chi connectivity index (χ0n) is 8.68. The molecule has 0 aromatic heterocycles. The van der Waals surface area contributed by atoms with Crippen LogP contribution >= 0.6 is 0 Å². The van der Waals surface area contributed by atoms with Crippen LogP contribution in [0.4, 0.5) is 0 Å². The number of rotatable bonds is 5. The second-order valence-electron chi connectivity index (χ2n) is 3.93. The Hall–Kier alpha value is -0.170. The summed E-state index contributed by atoms with van der Waals surface area (Å²) in [7, 11) is -1.05. The van der Waals surface area contributed by atoms with Gasteiger partial charge in [0.25, 0.3) is 0 Å². The Morgan fingerprint density at radius 2 is 2.07 bits per heavy atom. The van der Waals surface area contributed by atoms with Crippen LogP contribution in [0.3, 0.4) is 0 Å². The van der Waals surface area contributed by atoms with Gasteiger partial charge in [0.05, 0.1) is 12.9 Å². The smallest absolute Gasteiger partial charge is 0.211 e. The van der Waals surface area contributed by atoms with Gasteiger partial charge in [-0.2, -0.15) is 0 Å². The van der Waals surface area contributed by atoms with Gasteiger partial charge in [0.2, 0.25) is 10.0 Å². The van der Waals surface area contributed by atoms with E-state index in [1.807, 2.05) is 11.9 Å². The van der Waals surface area contributed by atoms with E-state index in [9.17, 15) is 8.42 Å². The largest absolute Gasteiger partial charge is 0.395 e. The van der Waals surface area contributed by atoms with Gasteiger partial charge >= 0.3 is 0 Å². The molecule has 1 aliphatic rings. The number of hydrogen-bond donors (Lipinski definition) is 1. The van der Waals surface area contributed by atoms with Crippen LogP contribution in [0.15, 0.2) is 0 Å². The van der Waals surface area contributed by atoms with Gasteiger partial charge in [-0.3, -0.25) is 0 Å². The molecule has 14 heavy (non-hydrogen) atoms. The van der Waals surface area contributed by atoms with E-state index in [0.717, 1.165) is 6.54 Å². The molecule has 0 bridgehead atoms. The van der Waals surface area contributed by atoms with Crippen molar-refractivity contribution in [3.05, 3.63) is 0 Å². The molecule has 84 valence electrons. The van der Waals surface area contributed by atoms with Crippen molar-refractivity contribution in [3.63, 3.8) is 0 Å². The highest BCUT2D eigenvalue weighted by Gasteiger charge is 2.33. The number of nitrogens with zero attached hydrogens (tertiary/aromatic N) is 2. The first-order valence-corrected chi connectivity index (χ1v) is 6.53. The SMILES string of the molecule is CN(CCO)CC1CN(S(C)(=O)=O)C1. The number of likely N-dealkylation sites (N-methyl/N-ethyl adjacent to an activating group) is 1. The van der Waals surface area contributed by atoms with Gasteiger partial charge in [0.1, 0.15) is 0 Å². The molecule has 6 heteroatoms. The zero-order chi connectivity index (χ0) is 10.8. The maximum absolute atomic E-state index is 11.0. The Bertz CT molecular complexity index is 272. The first-order valence-electron chi connectivity index (χ1n) is 4.68. The van der Waals surface area contributed by atoms with Crippen molar-refractivity contribution < 1.29 is 13.5 Å². The Labute approximate surface area is 85.4 Å². The first-order chi connectivity index (χ1) is 6.43. The van der Waals surface area contributed by atoms with Gasteiger partial charge in [0, 0.05) is 26.2 Å². The average Bonchev–Trinajstić information content (AvgIpc) is 1.94. The van der Waals surface area contributed by atoms with Crippen LogP contribution in [0.5, 0.6) is 0 Å². The molecule has 0 radical (unpaired) electrons. The van der Waals surface area contributed by atoms with Crippen molar-refractivity contribution in [1.29, 1.82) is 0 Å². The normalized spacial score (nSPS) is 20.0. The molecule has 1 rings (SSSR count). The van der Waals surface area contributed by atoms with E-state index in [2.05, 4.69) is 0 Å². The van der Waals surface area contributed by atoms with E-state index >= 15 is 0 Å². The fourth-order valence-electron chi connectivity index (χ4n) is 1.61. The summed E-state index contributed by atoms with van der Waals surface area (Å²) < 4.78 is 23.6. The van der Waals surface area contributed by atoms with E-state index in [4.69, 9.17) is 5.11 Å². The van der Waals surface area contributed by atoms with Crippen molar-refractivity contribution in [2.24, 2.45) is 5.92 Å². The molecule has 1 heterocycles. The zero-order valence-corrected chi connectivity index (χ0v) is 9.50. The van der Waals surface area contributed by atoms with Crippen LogP contribution in [0, 0.1) is 5.92 Å². The molecule has 0 amide bonds. The molecule has 1 fully saturated rings. The average molecular weight is 222 g/mol. The maximum atomic E-state index is 11.0. The number of sulfonamides is 1. The van der Waals surface area contributed by atoms with Crippen LogP contribution in [0.2, 0.25) is 0 Å². The molecular formula is C8H18N2O3S. The predicted molar refractivity (Wildman–Crippen MR) is 54.5 cm³/mol. The highest BCUT2D eigenvalue weighted by Crippen LogP contribution is 2.18. The highest BCUT2D eigenvalue weighted by molar-refractivity contribution is 7.88. The van der Waals surface area contributed by atoms with E-state index in [1.165, 1.54) is 10.6 Å². The lowest BCUT2D eigenvalue weighted by Gasteiger charge is -2.39. The topological polar surface area (TPSA) is 60.9 Å². The molecule has 0 aromatic carbocycles. The third-order valence-corrected chi connectivity index (χ3v) is 3.68. The van der Waals surface area contributed by atoms with Crippen molar-refractivity contribution >= 4 is 10.0 Å². The second kappa shape index (κ2) is 4.57. The lowest BCUT2D eigenvalue weighted by molar-refractivity contribution is 0.133. The Balaban J connectivity index is 2.22. The minimum Gasteiger partial charge on any atom is -0.395 e. The van der Waals surface area contributed by atoms with Crippen molar-refractivity contribution in [2.45, 2.75) is 0 Å². The molecule has 1 aliphatic heterocycles. The van der Waals surface area contributed by atoms with Crippen LogP contribution in [0.25, 0.3) is 0 Å². The Morgan fingerprint density at radius 3 is 2.50 bits per heavy atom. The van der Waals surface area contributed by atoms with Gasteiger partial charge in [-0.05, 0) is 13.0 Å². The van der Waals surface area contributed by atoms with Crippen molar-refractivity contribution in [2.75, 3.05) is 46.1 Å². The van der Waals surface area contributed by atoms with E-state index in [-0.39, 0.29) is 6.61 Å². The summed E-state index contributed by atoms with van der Waals surface area (Å²) >= 11 is 0. The molecule has 0 unspecified atom stereocenters. The minimum absolute atomic E-state index is 0.152. The Kier molecular flexibility index (Phi) is 3.88. The second-order valence-corrected chi connectivity index (χ2v) is 5.91. The molecule has 0 saturated carbocycles. The van der Waals surface area contributed by atoms with Gasteiger partial charge < -0.3 is 10.0 Å². The van der Waals surface area contributed by atoms with Gasteiger partial charge in [-0.15, -0.1) is 0 Å². The lowest BCUT2D eigenvalue weighted by atomic mass is 10.0. The van der Waals surface area contributed by atoms with Crippen molar-refractivity contribution in [3.8, 4) is 0 Å². The highest BCUT2D eigenvalue weighted by atomic mass is 32.2. The van der Waals surface area contributed by atoms with Crippen LogP contribution in [-0.2, 0) is 10.0 Å². The summed E-state index contributed by atoms with van der Waals surface area (Å²) in [5.41, 5.74) is 0. The quantitative estimate of drug-likeness (QED) is 0.635. The summed E-state index contributed by atoms with van der Waals surface area (Å²) in [6, 6.07) is 0. The lowest BCUT2D eigenvalue weighted by Crippen LogP contribution is -2.53. The predicted octanol–water partition coefficient (Wildman–Crippen LogP) is -1.20. The van der Waals surface area contributed by atoms with Crippen molar-refractivity contribution in [1.82, 2.24) is 9.21 Å². The third kappa shape index (κ3) is 3.20. The van der Waals surface area contributed by atoms with E-state index in [0.29, 0.717) is 25.6 Å². The first kappa shape index (κ1) is 11.9. The monoisotopic (exact) mass is 222 g/mol. The fourth-order valence-corrected chi connectivity index (χ4v) is 2.57. The van der Waals surface area contributed by atoms with Crippen LogP contribution in [-0.4, -0.2) is 68.8 Å². The molecule has 1 N–H and O–H groups in total. The van der Waals surface area contributed by atoms with Gasteiger partial charge in [-0.1, -0.05) is 0 Å². The van der Waals surface area contributed by atoms with Crippen LogP contribution < -0.4 is 0 Å². The standard InChI is InChI=1S/C8H18N2O3S/c1-9(3-4-11)5-8-6-10(7-8)14(2,12)13/h8,11H,3-7H2,1-2H3. The van der Waals surface area contributed by atoms with E-state index in [1.54, 1.807) is 0 Å².